The summed E-state index contributed by atoms with van der Waals surface area (Å²) in [7, 11) is -2.16. The maximum Gasteiger partial charge on any atom is 0.244 e. The molecule has 7 nitrogen and oxygen atoms in total. The van der Waals surface area contributed by atoms with E-state index in [1.807, 2.05) is 24.3 Å². The van der Waals surface area contributed by atoms with E-state index in [0.29, 0.717) is 25.3 Å². The first-order valence-electron chi connectivity index (χ1n) is 9.20. The Labute approximate surface area is 175 Å². The summed E-state index contributed by atoms with van der Waals surface area (Å²) in [6.45, 7) is 1.24. The number of sulfonamides is 1. The van der Waals surface area contributed by atoms with Gasteiger partial charge in [0, 0.05) is 25.2 Å². The second-order valence-electron chi connectivity index (χ2n) is 6.56. The molecule has 0 radical (unpaired) electrons. The molecule has 3 rings (SSSR count). The molecule has 156 valence electrons. The fourth-order valence-electron chi connectivity index (χ4n) is 2.98. The van der Waals surface area contributed by atoms with E-state index in [1.54, 1.807) is 13.2 Å². The maximum absolute atomic E-state index is 12.9. The number of morpholine rings is 1. The lowest BCUT2D eigenvalue weighted by Gasteiger charge is -2.26. The number of aryl methyl sites for hydroxylation is 1. The number of rotatable bonds is 7. The van der Waals surface area contributed by atoms with Gasteiger partial charge in [-0.1, -0.05) is 23.7 Å². The molecule has 2 aromatic rings. The van der Waals surface area contributed by atoms with Crippen LogP contribution in [-0.4, -0.2) is 52.0 Å². The SMILES string of the molecule is COc1ccc(CCC(=O)Nc2ccc(Cl)c(S(=O)(=O)N3CCOCC3)c2)cc1. The van der Waals surface area contributed by atoms with Crippen molar-refractivity contribution in [1.82, 2.24) is 4.31 Å². The van der Waals surface area contributed by atoms with E-state index < -0.39 is 10.0 Å². The minimum absolute atomic E-state index is 0.0194. The molecule has 0 unspecified atom stereocenters. The van der Waals surface area contributed by atoms with E-state index in [-0.39, 0.29) is 35.3 Å². The Morgan fingerprint density at radius 2 is 1.86 bits per heavy atom. The highest BCUT2D eigenvalue weighted by molar-refractivity contribution is 7.89. The van der Waals surface area contributed by atoms with Gasteiger partial charge in [-0.25, -0.2) is 8.42 Å². The molecule has 29 heavy (non-hydrogen) atoms. The minimum Gasteiger partial charge on any atom is -0.497 e. The second-order valence-corrected chi connectivity index (χ2v) is 8.87. The molecule has 1 aliphatic heterocycles. The van der Waals surface area contributed by atoms with Crippen LogP contribution in [0.25, 0.3) is 0 Å². The Bertz CT molecular complexity index is 957. The van der Waals surface area contributed by atoms with Gasteiger partial charge < -0.3 is 14.8 Å². The molecule has 0 aliphatic carbocycles. The van der Waals surface area contributed by atoms with Crippen LogP contribution < -0.4 is 10.1 Å². The van der Waals surface area contributed by atoms with Gasteiger partial charge in [0.1, 0.15) is 10.6 Å². The Kier molecular flexibility index (Phi) is 7.13. The van der Waals surface area contributed by atoms with Crippen molar-refractivity contribution in [2.75, 3.05) is 38.7 Å². The number of hydrogen-bond acceptors (Lipinski definition) is 5. The number of carbonyl (C=O) groups is 1. The third-order valence-electron chi connectivity index (χ3n) is 4.60. The van der Waals surface area contributed by atoms with Crippen LogP contribution in [-0.2, 0) is 26.0 Å². The van der Waals surface area contributed by atoms with Crippen molar-refractivity contribution in [3.63, 3.8) is 0 Å². The number of benzene rings is 2. The fourth-order valence-corrected chi connectivity index (χ4v) is 4.89. The standard InChI is InChI=1S/C20H23ClN2O5S/c1-27-17-6-2-15(3-7-17)4-9-20(24)22-16-5-8-18(21)19(14-16)29(25,26)23-10-12-28-13-11-23/h2-3,5-8,14H,4,9-13H2,1H3,(H,22,24). The Balaban J connectivity index is 1.66. The van der Waals surface area contributed by atoms with Crippen LogP contribution >= 0.6 is 11.6 Å². The molecular weight excluding hydrogens is 416 g/mol. The average Bonchev–Trinajstić information content (AvgIpc) is 2.74. The molecular formula is C20H23ClN2O5S. The lowest BCUT2D eigenvalue weighted by molar-refractivity contribution is -0.116. The summed E-state index contributed by atoms with van der Waals surface area (Å²) in [5.41, 5.74) is 1.40. The maximum atomic E-state index is 12.9. The summed E-state index contributed by atoms with van der Waals surface area (Å²) in [6.07, 6.45) is 0.822. The average molecular weight is 439 g/mol. The predicted molar refractivity (Wildman–Crippen MR) is 111 cm³/mol. The highest BCUT2D eigenvalue weighted by atomic mass is 35.5. The monoisotopic (exact) mass is 438 g/mol. The number of amides is 1. The molecule has 9 heteroatoms. The molecule has 1 saturated heterocycles. The number of ether oxygens (including phenoxy) is 2. The summed E-state index contributed by atoms with van der Waals surface area (Å²) >= 11 is 6.14. The Morgan fingerprint density at radius 3 is 2.52 bits per heavy atom. The van der Waals surface area contributed by atoms with Crippen LogP contribution in [0.4, 0.5) is 5.69 Å². The van der Waals surface area contributed by atoms with E-state index in [9.17, 15) is 13.2 Å². The molecule has 1 N–H and O–H groups in total. The zero-order valence-corrected chi connectivity index (χ0v) is 17.6. The quantitative estimate of drug-likeness (QED) is 0.718. The van der Waals surface area contributed by atoms with Crippen LogP contribution in [0.15, 0.2) is 47.4 Å². The molecule has 0 saturated carbocycles. The first-order chi connectivity index (χ1) is 13.9. The number of methoxy groups -OCH3 is 1. The van der Waals surface area contributed by atoms with Gasteiger partial charge in [0.05, 0.1) is 25.3 Å². The van der Waals surface area contributed by atoms with E-state index in [0.717, 1.165) is 11.3 Å². The highest BCUT2D eigenvalue weighted by Crippen LogP contribution is 2.28. The number of anilines is 1. The summed E-state index contributed by atoms with van der Waals surface area (Å²) < 4.78 is 37.4. The van der Waals surface area contributed by atoms with E-state index >= 15 is 0 Å². The molecule has 1 aliphatic rings. The first-order valence-corrected chi connectivity index (χ1v) is 11.0. The number of hydrogen-bond donors (Lipinski definition) is 1. The van der Waals surface area contributed by atoms with Gasteiger partial charge in [0.15, 0.2) is 0 Å². The second kappa shape index (κ2) is 9.58. The van der Waals surface area contributed by atoms with Gasteiger partial charge in [-0.3, -0.25) is 4.79 Å². The van der Waals surface area contributed by atoms with E-state index in [2.05, 4.69) is 5.32 Å². The summed E-state index contributed by atoms with van der Waals surface area (Å²) in [6, 6.07) is 12.0. The molecule has 1 heterocycles. The minimum atomic E-state index is -3.75. The molecule has 0 atom stereocenters. The largest absolute Gasteiger partial charge is 0.497 e. The van der Waals surface area contributed by atoms with Gasteiger partial charge in [-0.15, -0.1) is 0 Å². The molecule has 0 aromatic heterocycles. The van der Waals surface area contributed by atoms with Crippen molar-refractivity contribution >= 4 is 33.2 Å². The molecule has 0 bridgehead atoms. The first kappa shape index (κ1) is 21.6. The molecule has 1 fully saturated rings. The zero-order chi connectivity index (χ0) is 20.9. The van der Waals surface area contributed by atoms with Crippen molar-refractivity contribution in [3.8, 4) is 5.75 Å². The normalized spacial score (nSPS) is 15.1. The van der Waals surface area contributed by atoms with Gasteiger partial charge >= 0.3 is 0 Å². The van der Waals surface area contributed by atoms with Gasteiger partial charge in [0.25, 0.3) is 0 Å². The van der Waals surface area contributed by atoms with Crippen molar-refractivity contribution in [1.29, 1.82) is 0 Å². The van der Waals surface area contributed by atoms with Crippen LogP contribution in [0.5, 0.6) is 5.75 Å². The zero-order valence-electron chi connectivity index (χ0n) is 16.1. The van der Waals surface area contributed by atoms with Crippen LogP contribution in [0.2, 0.25) is 5.02 Å². The van der Waals surface area contributed by atoms with Gasteiger partial charge in [-0.2, -0.15) is 4.31 Å². The number of nitrogens with one attached hydrogen (secondary N) is 1. The van der Waals surface area contributed by atoms with Gasteiger partial charge in [-0.05, 0) is 42.3 Å². The van der Waals surface area contributed by atoms with Crippen molar-refractivity contribution in [2.45, 2.75) is 17.7 Å². The summed E-state index contributed by atoms with van der Waals surface area (Å²) in [4.78, 5) is 12.3. The molecule has 2 aromatic carbocycles. The molecule has 1 amide bonds. The fraction of sp³-hybridized carbons (Fsp3) is 0.350. The number of carbonyl (C=O) groups excluding carboxylic acids is 1. The summed E-state index contributed by atoms with van der Waals surface area (Å²) in [5, 5.41) is 2.87. The predicted octanol–water partition coefficient (Wildman–Crippen LogP) is 2.94. The van der Waals surface area contributed by atoms with Crippen LogP contribution in [0.3, 0.4) is 0 Å². The number of nitrogens with zero attached hydrogens (tertiary/aromatic N) is 1. The topological polar surface area (TPSA) is 84.9 Å². The third kappa shape index (κ3) is 5.48. The summed E-state index contributed by atoms with van der Waals surface area (Å²) in [5.74, 6) is 0.547. The van der Waals surface area contributed by atoms with Crippen molar-refractivity contribution in [2.24, 2.45) is 0 Å². The van der Waals surface area contributed by atoms with Crippen molar-refractivity contribution < 1.29 is 22.7 Å². The van der Waals surface area contributed by atoms with Gasteiger partial charge in [0.2, 0.25) is 15.9 Å². The Hall–Kier alpha value is -2.13. The molecule has 0 spiro atoms. The van der Waals surface area contributed by atoms with E-state index in [1.165, 1.54) is 16.4 Å². The van der Waals surface area contributed by atoms with Crippen LogP contribution in [0.1, 0.15) is 12.0 Å². The van der Waals surface area contributed by atoms with E-state index in [4.69, 9.17) is 21.1 Å². The lowest BCUT2D eigenvalue weighted by atomic mass is 10.1. The number of halogens is 1. The third-order valence-corrected chi connectivity index (χ3v) is 6.98. The Morgan fingerprint density at radius 1 is 1.17 bits per heavy atom. The smallest absolute Gasteiger partial charge is 0.244 e. The lowest BCUT2D eigenvalue weighted by Crippen LogP contribution is -2.40. The highest BCUT2D eigenvalue weighted by Gasteiger charge is 2.28. The van der Waals surface area contributed by atoms with Crippen LogP contribution in [0, 0.1) is 0 Å². The van der Waals surface area contributed by atoms with Crippen molar-refractivity contribution in [3.05, 3.63) is 53.1 Å².